The van der Waals surface area contributed by atoms with Gasteiger partial charge in [0.15, 0.2) is 11.4 Å². The van der Waals surface area contributed by atoms with Gasteiger partial charge < -0.3 is 15.1 Å². The van der Waals surface area contributed by atoms with Gasteiger partial charge in [-0.05, 0) is 53.1 Å². The molecule has 1 amide bonds. The fourth-order valence-electron chi connectivity index (χ4n) is 6.23. The Bertz CT molecular complexity index is 1630. The lowest BCUT2D eigenvalue weighted by Crippen LogP contribution is -2.64. The standard InChI is InChI=1S/C37H36N2O6/c1-2-12-31(40)33(28-21-19-25(20-22-28)29-17-9-10-18-30(29)35(42)43)38-37(36(44)45)23-11-24-39(37)34(41)32(26-13-5-3-6-14-26)27-15-7-4-8-16-27/h3-10,13-22,32-33,38H,2,11-12,23-24H2,1H3,(H,42,43)(H,44,45)/t33-,37-/m0/s1. The molecule has 0 bridgehead atoms. The van der Waals surface area contributed by atoms with Gasteiger partial charge in [0.25, 0.3) is 0 Å². The van der Waals surface area contributed by atoms with E-state index in [1.807, 2.05) is 67.6 Å². The van der Waals surface area contributed by atoms with Crippen molar-refractivity contribution in [2.24, 2.45) is 0 Å². The highest BCUT2D eigenvalue weighted by Crippen LogP contribution is 2.37. The van der Waals surface area contributed by atoms with E-state index in [0.29, 0.717) is 29.5 Å². The number of benzene rings is 4. The minimum atomic E-state index is -1.82. The van der Waals surface area contributed by atoms with Gasteiger partial charge in [-0.2, -0.15) is 0 Å². The molecule has 1 aliphatic heterocycles. The maximum atomic E-state index is 14.5. The van der Waals surface area contributed by atoms with Gasteiger partial charge in [0.2, 0.25) is 5.91 Å². The summed E-state index contributed by atoms with van der Waals surface area (Å²) in [5.74, 6) is -3.56. The molecule has 0 aromatic heterocycles. The van der Waals surface area contributed by atoms with E-state index >= 15 is 0 Å². The summed E-state index contributed by atoms with van der Waals surface area (Å²) in [5.41, 5.74) is 1.54. The van der Waals surface area contributed by atoms with Crippen LogP contribution in [0.1, 0.15) is 71.6 Å². The number of Topliss-reactive ketones (excluding diaryl/α,β-unsaturated/α-hetero) is 1. The number of hydrogen-bond acceptors (Lipinski definition) is 5. The number of hydrogen-bond donors (Lipinski definition) is 3. The third-order valence-corrected chi connectivity index (χ3v) is 8.43. The summed E-state index contributed by atoms with van der Waals surface area (Å²) in [6.07, 6.45) is 1.35. The number of nitrogens with zero attached hydrogens (tertiary/aromatic N) is 1. The van der Waals surface area contributed by atoms with Crippen molar-refractivity contribution < 1.29 is 29.4 Å². The third kappa shape index (κ3) is 6.42. The largest absolute Gasteiger partial charge is 0.478 e. The highest BCUT2D eigenvalue weighted by Gasteiger charge is 2.53. The van der Waals surface area contributed by atoms with Crippen LogP contribution in [-0.2, 0) is 14.4 Å². The maximum absolute atomic E-state index is 14.5. The predicted octanol–water partition coefficient (Wildman–Crippen LogP) is 6.29. The van der Waals surface area contributed by atoms with Gasteiger partial charge in [0.1, 0.15) is 0 Å². The SMILES string of the molecule is CCCC(=O)[C@@H](N[C@@]1(C(=O)O)CCCN1C(=O)C(c1ccccc1)c1ccccc1)c1ccc(-c2ccccc2C(=O)O)cc1. The highest BCUT2D eigenvalue weighted by molar-refractivity contribution is 5.96. The first kappa shape index (κ1) is 31.3. The number of carboxylic acid groups (broad SMARTS) is 2. The number of amides is 1. The molecular weight excluding hydrogens is 568 g/mol. The molecule has 1 aliphatic rings. The van der Waals surface area contributed by atoms with Gasteiger partial charge in [-0.1, -0.05) is 110 Å². The second-order valence-corrected chi connectivity index (χ2v) is 11.3. The number of carbonyl (C=O) groups is 4. The zero-order valence-electron chi connectivity index (χ0n) is 25.1. The summed E-state index contributed by atoms with van der Waals surface area (Å²) >= 11 is 0. The van der Waals surface area contributed by atoms with Crippen molar-refractivity contribution in [1.29, 1.82) is 0 Å². The molecule has 0 aliphatic carbocycles. The van der Waals surface area contributed by atoms with Crippen LogP contribution in [-0.4, -0.2) is 50.9 Å². The Kier molecular flexibility index (Phi) is 9.54. The van der Waals surface area contributed by atoms with E-state index in [1.165, 1.54) is 11.0 Å². The molecule has 4 aromatic rings. The fraction of sp³-hybridized carbons (Fsp3) is 0.243. The summed E-state index contributed by atoms with van der Waals surface area (Å²) in [6, 6.07) is 31.1. The summed E-state index contributed by atoms with van der Waals surface area (Å²) in [5, 5.41) is 23.6. The van der Waals surface area contributed by atoms with Crippen molar-refractivity contribution >= 4 is 23.6 Å². The first-order chi connectivity index (χ1) is 21.8. The van der Waals surface area contributed by atoms with E-state index in [1.54, 1.807) is 42.5 Å². The molecule has 230 valence electrons. The number of likely N-dealkylation sites (tertiary alicyclic amines) is 1. The lowest BCUT2D eigenvalue weighted by Gasteiger charge is -2.40. The lowest BCUT2D eigenvalue weighted by atomic mass is 9.89. The van der Waals surface area contributed by atoms with Crippen LogP contribution in [0.4, 0.5) is 0 Å². The van der Waals surface area contributed by atoms with Gasteiger partial charge in [-0.25, -0.2) is 9.59 Å². The van der Waals surface area contributed by atoms with Crippen LogP contribution in [0.15, 0.2) is 109 Å². The summed E-state index contributed by atoms with van der Waals surface area (Å²) in [4.78, 5) is 54.5. The molecule has 1 saturated heterocycles. The normalized spacial score (nSPS) is 16.8. The van der Waals surface area contributed by atoms with Crippen LogP contribution in [0.25, 0.3) is 11.1 Å². The number of ketones is 1. The van der Waals surface area contributed by atoms with Crippen LogP contribution in [0.2, 0.25) is 0 Å². The van der Waals surface area contributed by atoms with Crippen LogP contribution in [0.3, 0.4) is 0 Å². The number of carboxylic acids is 2. The first-order valence-electron chi connectivity index (χ1n) is 15.1. The quantitative estimate of drug-likeness (QED) is 0.174. The second kappa shape index (κ2) is 13.7. The predicted molar refractivity (Wildman–Crippen MR) is 171 cm³/mol. The van der Waals surface area contributed by atoms with Gasteiger partial charge >= 0.3 is 11.9 Å². The van der Waals surface area contributed by atoms with Crippen LogP contribution < -0.4 is 5.32 Å². The average molecular weight is 605 g/mol. The Balaban J connectivity index is 1.53. The Labute approximate surface area is 262 Å². The minimum Gasteiger partial charge on any atom is -0.478 e. The maximum Gasteiger partial charge on any atom is 0.344 e. The Morgan fingerprint density at radius 3 is 1.91 bits per heavy atom. The Morgan fingerprint density at radius 2 is 1.36 bits per heavy atom. The molecule has 8 nitrogen and oxygen atoms in total. The highest BCUT2D eigenvalue weighted by atomic mass is 16.4. The summed E-state index contributed by atoms with van der Waals surface area (Å²) in [6.45, 7) is 2.09. The van der Waals surface area contributed by atoms with Crippen molar-refractivity contribution in [2.75, 3.05) is 6.54 Å². The molecule has 4 aromatic carbocycles. The van der Waals surface area contributed by atoms with Gasteiger partial charge in [-0.15, -0.1) is 0 Å². The van der Waals surface area contributed by atoms with Crippen molar-refractivity contribution in [3.63, 3.8) is 0 Å². The van der Waals surface area contributed by atoms with Gasteiger partial charge in [0, 0.05) is 13.0 Å². The number of carbonyl (C=O) groups excluding carboxylic acids is 2. The van der Waals surface area contributed by atoms with E-state index < -0.39 is 29.6 Å². The molecule has 1 fully saturated rings. The lowest BCUT2D eigenvalue weighted by molar-refractivity contribution is -0.160. The van der Waals surface area contributed by atoms with Gasteiger partial charge in [-0.3, -0.25) is 14.9 Å². The summed E-state index contributed by atoms with van der Waals surface area (Å²) in [7, 11) is 0. The van der Waals surface area contributed by atoms with E-state index in [-0.39, 0.29) is 36.6 Å². The molecule has 0 unspecified atom stereocenters. The molecule has 3 N–H and O–H groups in total. The van der Waals surface area contributed by atoms with Crippen molar-refractivity contribution in [3.05, 3.63) is 131 Å². The monoisotopic (exact) mass is 604 g/mol. The average Bonchev–Trinajstić information content (AvgIpc) is 3.50. The first-order valence-corrected chi connectivity index (χ1v) is 15.1. The molecule has 0 saturated carbocycles. The zero-order chi connectivity index (χ0) is 32.0. The van der Waals surface area contributed by atoms with E-state index in [4.69, 9.17) is 0 Å². The van der Waals surface area contributed by atoms with E-state index in [2.05, 4.69) is 5.32 Å². The number of aromatic carboxylic acids is 1. The topological polar surface area (TPSA) is 124 Å². The van der Waals surface area contributed by atoms with Crippen molar-refractivity contribution in [3.8, 4) is 11.1 Å². The molecular formula is C37H36N2O6. The molecule has 5 rings (SSSR count). The number of rotatable bonds is 12. The van der Waals surface area contributed by atoms with E-state index in [9.17, 15) is 29.4 Å². The summed E-state index contributed by atoms with van der Waals surface area (Å²) < 4.78 is 0. The van der Waals surface area contributed by atoms with Crippen molar-refractivity contribution in [2.45, 2.75) is 50.2 Å². The number of nitrogens with one attached hydrogen (secondary N) is 1. The Hall–Kier alpha value is -5.08. The van der Waals surface area contributed by atoms with Crippen LogP contribution in [0, 0.1) is 0 Å². The molecule has 45 heavy (non-hydrogen) atoms. The second-order valence-electron chi connectivity index (χ2n) is 11.3. The smallest absolute Gasteiger partial charge is 0.344 e. The molecule has 2 atom stereocenters. The Morgan fingerprint density at radius 1 is 0.778 bits per heavy atom. The molecule has 0 spiro atoms. The molecule has 0 radical (unpaired) electrons. The zero-order valence-corrected chi connectivity index (χ0v) is 25.1. The molecule has 1 heterocycles. The third-order valence-electron chi connectivity index (χ3n) is 8.43. The van der Waals surface area contributed by atoms with Gasteiger partial charge in [0.05, 0.1) is 17.5 Å². The number of aliphatic carboxylic acids is 1. The molecule has 8 heteroatoms. The van der Waals surface area contributed by atoms with Crippen LogP contribution >= 0.6 is 0 Å². The van der Waals surface area contributed by atoms with Crippen LogP contribution in [0.5, 0.6) is 0 Å². The fourth-order valence-corrected chi connectivity index (χ4v) is 6.23. The van der Waals surface area contributed by atoms with Crippen molar-refractivity contribution in [1.82, 2.24) is 10.2 Å². The van der Waals surface area contributed by atoms with E-state index in [0.717, 1.165) is 11.1 Å². The minimum absolute atomic E-state index is 0.129.